The number of halogens is 3. The second-order valence-electron chi connectivity index (χ2n) is 2.51. The summed E-state index contributed by atoms with van der Waals surface area (Å²) >= 11 is 5.74. The molecule has 0 bridgehead atoms. The van der Waals surface area contributed by atoms with Crippen molar-refractivity contribution in [1.29, 1.82) is 0 Å². The van der Waals surface area contributed by atoms with Crippen molar-refractivity contribution in [3.05, 3.63) is 34.9 Å². The molecule has 0 heterocycles. The Labute approximate surface area is 102 Å². The molecule has 0 aliphatic carbocycles. The van der Waals surface area contributed by atoms with Crippen molar-refractivity contribution in [3.8, 4) is 0 Å². The van der Waals surface area contributed by atoms with Crippen molar-refractivity contribution in [2.45, 2.75) is 13.5 Å². The molecule has 0 saturated carbocycles. The van der Waals surface area contributed by atoms with Crippen molar-refractivity contribution in [2.75, 3.05) is 6.54 Å². The van der Waals surface area contributed by atoms with Gasteiger partial charge in [-0.15, -0.1) is 24.8 Å². The van der Waals surface area contributed by atoms with Gasteiger partial charge in [-0.1, -0.05) is 30.7 Å². The normalized spacial score (nSPS) is 8.71. The lowest BCUT2D eigenvalue weighted by Crippen LogP contribution is -2.30. The van der Waals surface area contributed by atoms with Crippen LogP contribution in [0, 0.1) is 0 Å². The minimum Gasteiger partial charge on any atom is -0.258 e. The third-order valence-electron chi connectivity index (χ3n) is 1.51. The molecule has 0 unspecified atom stereocenters. The maximum atomic E-state index is 5.74. The molecular weight excluding hydrogens is 242 g/mol. The van der Waals surface area contributed by atoms with Gasteiger partial charge in [0.05, 0.1) is 0 Å². The van der Waals surface area contributed by atoms with Gasteiger partial charge in [0, 0.05) is 18.1 Å². The molecule has 1 aromatic rings. The molecule has 0 aliphatic rings. The number of rotatable bonds is 4. The smallest absolute Gasteiger partial charge is 0.0406 e. The van der Waals surface area contributed by atoms with E-state index in [1.54, 1.807) is 0 Å². The van der Waals surface area contributed by atoms with Gasteiger partial charge >= 0.3 is 0 Å². The van der Waals surface area contributed by atoms with Crippen LogP contribution in [-0.4, -0.2) is 6.54 Å². The molecule has 1 rings (SSSR count). The van der Waals surface area contributed by atoms with Crippen molar-refractivity contribution in [3.63, 3.8) is 0 Å². The van der Waals surface area contributed by atoms with Crippen LogP contribution in [-0.2, 0) is 6.54 Å². The van der Waals surface area contributed by atoms with Gasteiger partial charge in [0.15, 0.2) is 0 Å². The molecule has 0 radical (unpaired) electrons. The van der Waals surface area contributed by atoms with Gasteiger partial charge in [0.25, 0.3) is 0 Å². The Morgan fingerprint density at radius 3 is 2.14 bits per heavy atom. The average molecular weight is 258 g/mol. The summed E-state index contributed by atoms with van der Waals surface area (Å²) in [6, 6.07) is 7.80. The Morgan fingerprint density at radius 2 is 1.64 bits per heavy atom. The van der Waals surface area contributed by atoms with E-state index in [1.165, 1.54) is 5.56 Å². The number of hydrogen-bond donors (Lipinski definition) is 2. The predicted molar refractivity (Wildman–Crippen MR) is 66.5 cm³/mol. The Morgan fingerprint density at radius 1 is 1.07 bits per heavy atom. The summed E-state index contributed by atoms with van der Waals surface area (Å²) in [6.07, 6.45) is 0. The SMILES string of the molecule is CCNNCc1ccc(Cl)cc1.Cl.Cl. The summed E-state index contributed by atoms with van der Waals surface area (Å²) in [5, 5.41) is 0.780. The van der Waals surface area contributed by atoms with Crippen LogP contribution in [0.15, 0.2) is 24.3 Å². The summed E-state index contributed by atoms with van der Waals surface area (Å²) in [7, 11) is 0. The number of hydrazine groups is 1. The van der Waals surface area contributed by atoms with Gasteiger partial charge in [-0.3, -0.25) is 10.9 Å². The molecule has 0 amide bonds. The van der Waals surface area contributed by atoms with E-state index in [0.29, 0.717) is 0 Å². The summed E-state index contributed by atoms with van der Waals surface area (Å²) in [6.45, 7) is 3.80. The van der Waals surface area contributed by atoms with Crippen LogP contribution in [0.5, 0.6) is 0 Å². The van der Waals surface area contributed by atoms with Crippen molar-refractivity contribution < 1.29 is 0 Å². The minimum absolute atomic E-state index is 0. The second kappa shape index (κ2) is 9.56. The first-order valence-electron chi connectivity index (χ1n) is 4.03. The lowest BCUT2D eigenvalue weighted by atomic mass is 10.2. The lowest BCUT2D eigenvalue weighted by molar-refractivity contribution is 0.550. The van der Waals surface area contributed by atoms with Crippen molar-refractivity contribution >= 4 is 36.4 Å². The van der Waals surface area contributed by atoms with E-state index < -0.39 is 0 Å². The minimum atomic E-state index is 0. The third kappa shape index (κ3) is 6.46. The van der Waals surface area contributed by atoms with Crippen LogP contribution in [0.25, 0.3) is 0 Å². The first-order chi connectivity index (χ1) is 5.83. The molecule has 0 atom stereocenters. The van der Waals surface area contributed by atoms with Gasteiger partial charge in [-0.2, -0.15) is 0 Å². The standard InChI is InChI=1S/C9H13ClN2.2ClH/c1-2-11-12-7-8-3-5-9(10)6-4-8;;/h3-6,11-12H,2,7H2,1H3;2*1H. The van der Waals surface area contributed by atoms with Gasteiger partial charge in [-0.25, -0.2) is 0 Å². The van der Waals surface area contributed by atoms with E-state index in [4.69, 9.17) is 11.6 Å². The van der Waals surface area contributed by atoms with Crippen LogP contribution in [0.3, 0.4) is 0 Å². The highest BCUT2D eigenvalue weighted by atomic mass is 35.5. The van der Waals surface area contributed by atoms with E-state index in [9.17, 15) is 0 Å². The van der Waals surface area contributed by atoms with Crippen molar-refractivity contribution in [1.82, 2.24) is 10.9 Å². The molecule has 2 nitrogen and oxygen atoms in total. The fraction of sp³-hybridized carbons (Fsp3) is 0.333. The molecule has 5 heteroatoms. The quantitative estimate of drug-likeness (QED) is 0.640. The van der Waals surface area contributed by atoms with Crippen LogP contribution >= 0.6 is 36.4 Å². The third-order valence-corrected chi connectivity index (χ3v) is 1.76. The van der Waals surface area contributed by atoms with Gasteiger partial charge in [0.1, 0.15) is 0 Å². The maximum absolute atomic E-state index is 5.74. The molecule has 0 saturated heterocycles. The van der Waals surface area contributed by atoms with Gasteiger partial charge < -0.3 is 0 Å². The fourth-order valence-electron chi connectivity index (χ4n) is 0.892. The van der Waals surface area contributed by atoms with E-state index in [-0.39, 0.29) is 24.8 Å². The molecule has 2 N–H and O–H groups in total. The molecule has 0 spiro atoms. The fourth-order valence-corrected chi connectivity index (χ4v) is 1.02. The van der Waals surface area contributed by atoms with Crippen molar-refractivity contribution in [2.24, 2.45) is 0 Å². The highest BCUT2D eigenvalue weighted by Gasteiger charge is 1.90. The van der Waals surface area contributed by atoms with E-state index in [2.05, 4.69) is 17.8 Å². The predicted octanol–water partition coefficient (Wildman–Crippen LogP) is 2.80. The molecule has 0 aromatic heterocycles. The zero-order valence-corrected chi connectivity index (χ0v) is 10.3. The summed E-state index contributed by atoms with van der Waals surface area (Å²) in [4.78, 5) is 0. The first kappa shape index (κ1) is 16.4. The van der Waals surface area contributed by atoms with Gasteiger partial charge in [0.2, 0.25) is 0 Å². The summed E-state index contributed by atoms with van der Waals surface area (Å²) in [5.74, 6) is 0. The zero-order chi connectivity index (χ0) is 8.81. The van der Waals surface area contributed by atoms with Crippen LogP contribution < -0.4 is 10.9 Å². The zero-order valence-electron chi connectivity index (χ0n) is 7.92. The highest BCUT2D eigenvalue weighted by molar-refractivity contribution is 6.30. The molecule has 0 fully saturated rings. The Kier molecular flexibility index (Phi) is 11.2. The Balaban J connectivity index is 0. The molecule has 0 aliphatic heterocycles. The number of hydrogen-bond acceptors (Lipinski definition) is 2. The second-order valence-corrected chi connectivity index (χ2v) is 2.95. The lowest BCUT2D eigenvalue weighted by Gasteiger charge is -2.03. The van der Waals surface area contributed by atoms with E-state index in [0.717, 1.165) is 18.1 Å². The van der Waals surface area contributed by atoms with E-state index >= 15 is 0 Å². The van der Waals surface area contributed by atoms with Crippen LogP contribution in [0.1, 0.15) is 12.5 Å². The molecule has 82 valence electrons. The molecular formula is C9H15Cl3N2. The summed E-state index contributed by atoms with van der Waals surface area (Å²) < 4.78 is 0. The largest absolute Gasteiger partial charge is 0.258 e. The van der Waals surface area contributed by atoms with Crippen LogP contribution in [0.4, 0.5) is 0 Å². The topological polar surface area (TPSA) is 24.1 Å². The first-order valence-corrected chi connectivity index (χ1v) is 4.41. The van der Waals surface area contributed by atoms with Crippen LogP contribution in [0.2, 0.25) is 5.02 Å². The average Bonchev–Trinajstić information content (AvgIpc) is 2.09. The molecule has 14 heavy (non-hydrogen) atoms. The highest BCUT2D eigenvalue weighted by Crippen LogP contribution is 2.08. The molecule has 1 aromatic carbocycles. The summed E-state index contributed by atoms with van der Waals surface area (Å²) in [5.41, 5.74) is 7.33. The van der Waals surface area contributed by atoms with E-state index in [1.807, 2.05) is 24.3 Å². The Bertz CT molecular complexity index is 226. The number of nitrogens with one attached hydrogen (secondary N) is 2. The monoisotopic (exact) mass is 256 g/mol. The number of benzene rings is 1. The van der Waals surface area contributed by atoms with Gasteiger partial charge in [-0.05, 0) is 17.7 Å². The Hall–Kier alpha value is 0.01000. The maximum Gasteiger partial charge on any atom is 0.0406 e.